The van der Waals surface area contributed by atoms with Gasteiger partial charge in [0.15, 0.2) is 0 Å². The third kappa shape index (κ3) is 4.42. The molecule has 0 bridgehead atoms. The molecule has 1 saturated carbocycles. The number of aromatic amines is 1. The van der Waals surface area contributed by atoms with Gasteiger partial charge in [-0.1, -0.05) is 12.1 Å². The molecule has 3 aromatic rings. The Morgan fingerprint density at radius 1 is 1.23 bits per heavy atom. The summed E-state index contributed by atoms with van der Waals surface area (Å²) in [6.45, 7) is 5.92. The Kier molecular flexibility index (Phi) is 6.08. The fraction of sp³-hybridized carbons (Fsp3) is 0.464. The number of carbonyl (C=O) groups is 1. The highest BCUT2D eigenvalue weighted by Crippen LogP contribution is 2.60. The largest absolute Gasteiger partial charge is 0.496 e. The maximum atomic E-state index is 14.0. The molecule has 1 aromatic heterocycles. The van der Waals surface area contributed by atoms with Crippen LogP contribution in [-0.2, 0) is 6.54 Å². The van der Waals surface area contributed by atoms with Crippen LogP contribution >= 0.6 is 0 Å². The molecule has 186 valence electrons. The highest BCUT2D eigenvalue weighted by atomic mass is 19.3. The van der Waals surface area contributed by atoms with Gasteiger partial charge in [0.25, 0.3) is 5.91 Å². The van der Waals surface area contributed by atoms with Gasteiger partial charge in [-0.15, -0.1) is 0 Å². The summed E-state index contributed by atoms with van der Waals surface area (Å²) < 4.78 is 33.7. The van der Waals surface area contributed by atoms with E-state index in [-0.39, 0.29) is 30.2 Å². The molecule has 0 radical (unpaired) electrons. The van der Waals surface area contributed by atoms with E-state index in [1.54, 1.807) is 7.11 Å². The minimum atomic E-state index is -2.55. The van der Waals surface area contributed by atoms with Crippen LogP contribution < -0.4 is 10.1 Å². The summed E-state index contributed by atoms with van der Waals surface area (Å²) in [5, 5.41) is 3.95. The summed E-state index contributed by atoms with van der Waals surface area (Å²) in [6.07, 6.45) is 3.34. The van der Waals surface area contributed by atoms with Gasteiger partial charge in [-0.25, -0.2) is 8.78 Å². The van der Waals surface area contributed by atoms with Gasteiger partial charge >= 0.3 is 0 Å². The number of nitrogens with one attached hydrogen (secondary N) is 2. The van der Waals surface area contributed by atoms with Crippen LogP contribution in [0.25, 0.3) is 10.9 Å². The SMILES string of the molecule is CCNC(=O)c1ccc([C@H]2CC3(CCN2Cc2c(OC)cc(C)c4[nH]ccc24)CC(F)(F)C3)cc1. The first-order valence-electron chi connectivity index (χ1n) is 12.4. The van der Waals surface area contributed by atoms with Gasteiger partial charge in [0.1, 0.15) is 5.75 Å². The lowest BCUT2D eigenvalue weighted by molar-refractivity contribution is -0.186. The maximum Gasteiger partial charge on any atom is 0.251 e. The summed E-state index contributed by atoms with van der Waals surface area (Å²) >= 11 is 0. The van der Waals surface area contributed by atoms with E-state index in [1.165, 1.54) is 0 Å². The van der Waals surface area contributed by atoms with Crippen molar-refractivity contribution in [1.29, 1.82) is 0 Å². The lowest BCUT2D eigenvalue weighted by atomic mass is 9.59. The van der Waals surface area contributed by atoms with Crippen LogP contribution in [0.1, 0.15) is 65.7 Å². The number of hydrogen-bond donors (Lipinski definition) is 2. The number of carbonyl (C=O) groups excluding carboxylic acids is 1. The van der Waals surface area contributed by atoms with Crippen LogP contribution in [0.4, 0.5) is 8.78 Å². The zero-order valence-corrected chi connectivity index (χ0v) is 20.6. The molecule has 1 atom stereocenters. The van der Waals surface area contributed by atoms with Crippen LogP contribution in [0.5, 0.6) is 5.75 Å². The van der Waals surface area contributed by atoms with Gasteiger partial charge in [-0.3, -0.25) is 9.69 Å². The number of H-pyrrole nitrogens is 1. The number of amides is 1. The molecule has 2 N–H and O–H groups in total. The number of ether oxygens (including phenoxy) is 1. The fourth-order valence-corrected chi connectivity index (χ4v) is 6.17. The van der Waals surface area contributed by atoms with Gasteiger partial charge in [0.05, 0.1) is 7.11 Å². The van der Waals surface area contributed by atoms with Gasteiger partial charge in [-0.2, -0.15) is 0 Å². The third-order valence-electron chi connectivity index (χ3n) is 7.85. The number of fused-ring (bicyclic) bond motifs is 1. The van der Waals surface area contributed by atoms with Crippen LogP contribution in [0.15, 0.2) is 42.6 Å². The predicted molar refractivity (Wildman–Crippen MR) is 133 cm³/mol. The molecule has 1 aliphatic carbocycles. The van der Waals surface area contributed by atoms with E-state index in [0.717, 1.165) is 46.3 Å². The quantitative estimate of drug-likeness (QED) is 0.455. The molecule has 1 aliphatic heterocycles. The average molecular weight is 482 g/mol. The van der Waals surface area contributed by atoms with E-state index in [0.29, 0.717) is 25.1 Å². The molecule has 7 heteroatoms. The summed E-state index contributed by atoms with van der Waals surface area (Å²) in [5.41, 5.74) is 4.67. The molecule has 2 aliphatic rings. The number of methoxy groups -OCH3 is 1. The zero-order chi connectivity index (χ0) is 24.8. The Labute approximate surface area is 204 Å². The number of rotatable bonds is 6. The van der Waals surface area contributed by atoms with E-state index in [1.807, 2.05) is 37.4 Å². The van der Waals surface area contributed by atoms with Crippen molar-refractivity contribution in [2.24, 2.45) is 5.41 Å². The number of piperidine rings is 1. The highest BCUT2D eigenvalue weighted by molar-refractivity contribution is 5.94. The number of likely N-dealkylation sites (tertiary alicyclic amines) is 1. The Bertz CT molecular complexity index is 1230. The molecule has 0 unspecified atom stereocenters. The molecule has 2 heterocycles. The summed E-state index contributed by atoms with van der Waals surface area (Å²) in [6, 6.07) is 11.8. The van der Waals surface area contributed by atoms with Gasteiger partial charge in [-0.05, 0) is 74.0 Å². The fourth-order valence-electron chi connectivity index (χ4n) is 6.17. The minimum absolute atomic E-state index is 0.0110. The van der Waals surface area contributed by atoms with E-state index < -0.39 is 5.92 Å². The van der Waals surface area contributed by atoms with E-state index in [9.17, 15) is 13.6 Å². The van der Waals surface area contributed by atoms with Crippen molar-refractivity contribution >= 4 is 16.8 Å². The van der Waals surface area contributed by atoms with Crippen molar-refractivity contribution in [1.82, 2.24) is 15.2 Å². The van der Waals surface area contributed by atoms with Crippen molar-refractivity contribution in [3.05, 3.63) is 64.8 Å². The Hall–Kier alpha value is -2.93. The van der Waals surface area contributed by atoms with Crippen molar-refractivity contribution < 1.29 is 18.3 Å². The first-order chi connectivity index (χ1) is 16.7. The molecule has 2 fully saturated rings. The van der Waals surface area contributed by atoms with E-state index in [4.69, 9.17) is 4.74 Å². The third-order valence-corrected chi connectivity index (χ3v) is 7.85. The normalized spacial score (nSPS) is 21.1. The number of benzene rings is 2. The molecular weight excluding hydrogens is 448 g/mol. The molecule has 1 spiro atoms. The minimum Gasteiger partial charge on any atom is -0.496 e. The van der Waals surface area contributed by atoms with Crippen molar-refractivity contribution in [2.75, 3.05) is 20.2 Å². The van der Waals surface area contributed by atoms with Crippen molar-refractivity contribution in [2.45, 2.75) is 58.0 Å². The predicted octanol–water partition coefficient (Wildman–Crippen LogP) is 5.99. The number of alkyl halides is 2. The standard InChI is InChI=1S/C28H33F2N3O2/c1-4-31-26(34)20-7-5-19(6-8-20)23-14-27(16-28(29,30)17-27)10-12-33(23)15-22-21-9-11-32-25(21)18(2)13-24(22)35-3/h5-9,11,13,23,32H,4,10,12,14-17H2,1-3H3,(H,31,34)/t23-/m1/s1. The summed E-state index contributed by atoms with van der Waals surface area (Å²) in [4.78, 5) is 18.0. The van der Waals surface area contributed by atoms with Crippen LogP contribution in [0.2, 0.25) is 0 Å². The second-order valence-corrected chi connectivity index (χ2v) is 10.3. The Morgan fingerprint density at radius 2 is 1.97 bits per heavy atom. The van der Waals surface area contributed by atoms with Crippen molar-refractivity contribution in [3.63, 3.8) is 0 Å². The Morgan fingerprint density at radius 3 is 2.63 bits per heavy atom. The average Bonchev–Trinajstić information content (AvgIpc) is 3.31. The molecule has 2 aromatic carbocycles. The number of aromatic nitrogens is 1. The lowest BCUT2D eigenvalue weighted by Gasteiger charge is -2.54. The maximum absolute atomic E-state index is 14.0. The van der Waals surface area contributed by atoms with E-state index >= 15 is 0 Å². The van der Waals surface area contributed by atoms with E-state index in [2.05, 4.69) is 34.3 Å². The van der Waals surface area contributed by atoms with Crippen LogP contribution in [0, 0.1) is 12.3 Å². The van der Waals surface area contributed by atoms with Gasteiger partial charge in [0.2, 0.25) is 5.92 Å². The molecular formula is C28H33F2N3O2. The molecule has 5 rings (SSSR count). The monoisotopic (exact) mass is 481 g/mol. The molecule has 1 saturated heterocycles. The summed E-state index contributed by atoms with van der Waals surface area (Å²) in [5.74, 6) is -1.81. The number of aryl methyl sites for hydroxylation is 1. The number of halogens is 2. The Balaban J connectivity index is 1.48. The number of nitrogens with zero attached hydrogens (tertiary/aromatic N) is 1. The summed E-state index contributed by atoms with van der Waals surface area (Å²) in [7, 11) is 1.69. The van der Waals surface area contributed by atoms with Gasteiger partial charge < -0.3 is 15.0 Å². The number of hydrogen-bond acceptors (Lipinski definition) is 3. The smallest absolute Gasteiger partial charge is 0.251 e. The topological polar surface area (TPSA) is 57.4 Å². The second kappa shape index (κ2) is 8.94. The van der Waals surface area contributed by atoms with Crippen molar-refractivity contribution in [3.8, 4) is 5.75 Å². The highest BCUT2D eigenvalue weighted by Gasteiger charge is 2.58. The van der Waals surface area contributed by atoms with Crippen LogP contribution in [-0.4, -0.2) is 41.9 Å². The first-order valence-corrected chi connectivity index (χ1v) is 12.4. The molecule has 5 nitrogen and oxygen atoms in total. The molecule has 1 amide bonds. The van der Waals surface area contributed by atoms with Crippen LogP contribution in [0.3, 0.4) is 0 Å². The second-order valence-electron chi connectivity index (χ2n) is 10.3. The lowest BCUT2D eigenvalue weighted by Crippen LogP contribution is -2.53. The van der Waals surface area contributed by atoms with Gasteiger partial charge in [0, 0.05) is 60.2 Å². The molecule has 35 heavy (non-hydrogen) atoms. The zero-order valence-electron chi connectivity index (χ0n) is 20.6. The first kappa shape index (κ1) is 23.8.